The average Bonchev–Trinajstić information content (AvgIpc) is 3.24. The molecule has 1 aliphatic rings. The van der Waals surface area contributed by atoms with Crippen molar-refractivity contribution in [3.05, 3.63) is 51.0 Å². The molecule has 5 nitrogen and oxygen atoms in total. The summed E-state index contributed by atoms with van der Waals surface area (Å²) in [6.45, 7) is 2.34. The van der Waals surface area contributed by atoms with Crippen LogP contribution < -0.4 is 0 Å². The molecule has 0 saturated heterocycles. The first kappa shape index (κ1) is 17.6. The standard InChI is InChI=1S/C19H22N2O3S/c1-12-16(25-17(20-12)14-5-3-4-6-14)18(22)21(2)11-13-7-9-15(10-8-13)19(23)24/h7-10,14H,3-6,11H2,1-2H3,(H,23,24). The lowest BCUT2D eigenvalue weighted by atomic mass is 10.1. The molecular formula is C19H22N2O3S. The highest BCUT2D eigenvalue weighted by Gasteiger charge is 2.25. The molecule has 1 aliphatic carbocycles. The third-order valence-corrected chi connectivity index (χ3v) is 5.99. The number of carboxylic acid groups (broad SMARTS) is 1. The molecule has 0 bridgehead atoms. The Morgan fingerprint density at radius 1 is 1.24 bits per heavy atom. The lowest BCUT2D eigenvalue weighted by Crippen LogP contribution is -2.26. The molecule has 0 atom stereocenters. The van der Waals surface area contributed by atoms with E-state index < -0.39 is 5.97 Å². The summed E-state index contributed by atoms with van der Waals surface area (Å²) in [6, 6.07) is 6.62. The van der Waals surface area contributed by atoms with Gasteiger partial charge in [-0.05, 0) is 37.5 Å². The smallest absolute Gasteiger partial charge is 0.335 e. The molecular weight excluding hydrogens is 336 g/mol. The monoisotopic (exact) mass is 358 g/mol. The topological polar surface area (TPSA) is 70.5 Å². The van der Waals surface area contributed by atoms with Crippen LogP contribution in [0.4, 0.5) is 0 Å². The summed E-state index contributed by atoms with van der Waals surface area (Å²) in [7, 11) is 1.77. The molecule has 1 amide bonds. The van der Waals surface area contributed by atoms with Gasteiger partial charge in [-0.1, -0.05) is 25.0 Å². The minimum absolute atomic E-state index is 0.0263. The molecule has 0 unspecified atom stereocenters. The van der Waals surface area contributed by atoms with Crippen LogP contribution in [0.5, 0.6) is 0 Å². The number of aromatic nitrogens is 1. The van der Waals surface area contributed by atoms with Crippen LogP contribution in [-0.2, 0) is 6.54 Å². The van der Waals surface area contributed by atoms with Crippen molar-refractivity contribution in [2.45, 2.75) is 45.1 Å². The number of benzene rings is 1. The molecule has 0 spiro atoms. The zero-order chi connectivity index (χ0) is 18.0. The average molecular weight is 358 g/mol. The van der Waals surface area contributed by atoms with Crippen LogP contribution in [0, 0.1) is 6.92 Å². The number of hydrogen-bond acceptors (Lipinski definition) is 4. The first-order chi connectivity index (χ1) is 12.0. The number of nitrogens with zero attached hydrogens (tertiary/aromatic N) is 2. The van der Waals surface area contributed by atoms with E-state index in [2.05, 4.69) is 4.98 Å². The van der Waals surface area contributed by atoms with Crippen molar-refractivity contribution in [1.29, 1.82) is 0 Å². The number of carbonyl (C=O) groups is 2. The molecule has 1 aromatic carbocycles. The summed E-state index contributed by atoms with van der Waals surface area (Å²) in [6.07, 6.45) is 4.84. The first-order valence-corrected chi connectivity index (χ1v) is 9.32. The summed E-state index contributed by atoms with van der Waals surface area (Å²) in [5, 5.41) is 10.0. The van der Waals surface area contributed by atoms with Crippen molar-refractivity contribution >= 4 is 23.2 Å². The van der Waals surface area contributed by atoms with Crippen LogP contribution in [0.1, 0.15) is 67.9 Å². The van der Waals surface area contributed by atoms with E-state index in [0.29, 0.717) is 17.3 Å². The van der Waals surface area contributed by atoms with Gasteiger partial charge in [-0.2, -0.15) is 0 Å². The quantitative estimate of drug-likeness (QED) is 0.874. The summed E-state index contributed by atoms with van der Waals surface area (Å²) >= 11 is 1.53. The SMILES string of the molecule is Cc1nc(C2CCCC2)sc1C(=O)N(C)Cc1ccc(C(=O)O)cc1. The maximum absolute atomic E-state index is 12.8. The Bertz CT molecular complexity index is 776. The van der Waals surface area contributed by atoms with E-state index in [1.807, 2.05) is 6.92 Å². The molecule has 1 fully saturated rings. The van der Waals surface area contributed by atoms with E-state index in [9.17, 15) is 9.59 Å². The highest BCUT2D eigenvalue weighted by atomic mass is 32.1. The molecule has 25 heavy (non-hydrogen) atoms. The van der Waals surface area contributed by atoms with Gasteiger partial charge in [0.25, 0.3) is 5.91 Å². The van der Waals surface area contributed by atoms with Crippen molar-refractivity contribution in [1.82, 2.24) is 9.88 Å². The van der Waals surface area contributed by atoms with Gasteiger partial charge in [0, 0.05) is 19.5 Å². The van der Waals surface area contributed by atoms with E-state index in [1.165, 1.54) is 37.0 Å². The molecule has 1 aromatic heterocycles. The van der Waals surface area contributed by atoms with Gasteiger partial charge in [-0.15, -0.1) is 11.3 Å². The molecule has 0 aliphatic heterocycles. The van der Waals surface area contributed by atoms with Gasteiger partial charge in [0.15, 0.2) is 0 Å². The molecule has 1 N–H and O–H groups in total. The molecule has 1 saturated carbocycles. The van der Waals surface area contributed by atoms with Crippen molar-refractivity contribution in [2.24, 2.45) is 0 Å². The van der Waals surface area contributed by atoms with Gasteiger partial charge in [-0.25, -0.2) is 9.78 Å². The number of rotatable bonds is 5. The number of aromatic carboxylic acids is 1. The minimum Gasteiger partial charge on any atom is -0.478 e. The van der Waals surface area contributed by atoms with Crippen LogP contribution in [0.2, 0.25) is 0 Å². The van der Waals surface area contributed by atoms with Gasteiger partial charge < -0.3 is 10.0 Å². The van der Waals surface area contributed by atoms with Gasteiger partial charge >= 0.3 is 5.97 Å². The zero-order valence-electron chi connectivity index (χ0n) is 14.5. The van der Waals surface area contributed by atoms with Crippen molar-refractivity contribution in [3.63, 3.8) is 0 Å². The maximum atomic E-state index is 12.8. The van der Waals surface area contributed by atoms with Crippen molar-refractivity contribution in [3.8, 4) is 0 Å². The predicted molar refractivity (Wildman–Crippen MR) is 97.3 cm³/mol. The maximum Gasteiger partial charge on any atom is 0.335 e. The lowest BCUT2D eigenvalue weighted by molar-refractivity contribution is 0.0695. The van der Waals surface area contributed by atoms with E-state index in [1.54, 1.807) is 36.2 Å². The third-order valence-electron chi connectivity index (χ3n) is 4.68. The number of hydrogen-bond donors (Lipinski definition) is 1. The Balaban J connectivity index is 1.70. The number of amides is 1. The first-order valence-electron chi connectivity index (χ1n) is 8.50. The summed E-state index contributed by atoms with van der Waals surface area (Å²) in [5.41, 5.74) is 1.96. The largest absolute Gasteiger partial charge is 0.478 e. The van der Waals surface area contributed by atoms with Crippen LogP contribution in [0.25, 0.3) is 0 Å². The van der Waals surface area contributed by atoms with Gasteiger partial charge in [0.1, 0.15) is 4.88 Å². The number of aryl methyl sites for hydroxylation is 1. The van der Waals surface area contributed by atoms with E-state index in [-0.39, 0.29) is 11.5 Å². The fraction of sp³-hybridized carbons (Fsp3) is 0.421. The predicted octanol–water partition coefficient (Wildman–Crippen LogP) is 4.08. The fourth-order valence-electron chi connectivity index (χ4n) is 3.23. The molecule has 132 valence electrons. The van der Waals surface area contributed by atoms with Crippen molar-refractivity contribution < 1.29 is 14.7 Å². The molecule has 1 heterocycles. The Morgan fingerprint density at radius 2 is 1.88 bits per heavy atom. The van der Waals surface area contributed by atoms with Gasteiger partial charge in [-0.3, -0.25) is 4.79 Å². The van der Waals surface area contributed by atoms with E-state index in [0.717, 1.165) is 16.3 Å². The highest BCUT2D eigenvalue weighted by molar-refractivity contribution is 7.13. The molecule has 3 rings (SSSR count). The minimum atomic E-state index is -0.948. The van der Waals surface area contributed by atoms with Crippen LogP contribution in [-0.4, -0.2) is 33.9 Å². The van der Waals surface area contributed by atoms with Gasteiger partial charge in [0.05, 0.1) is 16.3 Å². The summed E-state index contributed by atoms with van der Waals surface area (Å²) < 4.78 is 0. The molecule has 0 radical (unpaired) electrons. The summed E-state index contributed by atoms with van der Waals surface area (Å²) in [4.78, 5) is 30.7. The zero-order valence-corrected chi connectivity index (χ0v) is 15.3. The summed E-state index contributed by atoms with van der Waals surface area (Å²) in [5.74, 6) is -0.462. The number of carboxylic acids is 1. The normalized spacial score (nSPS) is 14.6. The Hall–Kier alpha value is -2.21. The van der Waals surface area contributed by atoms with Crippen LogP contribution in [0.15, 0.2) is 24.3 Å². The second-order valence-corrected chi connectivity index (χ2v) is 7.64. The highest BCUT2D eigenvalue weighted by Crippen LogP contribution is 2.37. The third kappa shape index (κ3) is 3.90. The fourth-order valence-corrected chi connectivity index (χ4v) is 4.47. The van der Waals surface area contributed by atoms with Crippen LogP contribution >= 0.6 is 11.3 Å². The van der Waals surface area contributed by atoms with Gasteiger partial charge in [0.2, 0.25) is 0 Å². The Kier molecular flexibility index (Phi) is 5.18. The number of thiazole rings is 1. The molecule has 6 heteroatoms. The molecule has 2 aromatic rings. The van der Waals surface area contributed by atoms with Crippen LogP contribution in [0.3, 0.4) is 0 Å². The second-order valence-electron chi connectivity index (χ2n) is 6.61. The lowest BCUT2D eigenvalue weighted by Gasteiger charge is -2.16. The van der Waals surface area contributed by atoms with E-state index >= 15 is 0 Å². The Labute approximate surface area is 151 Å². The van der Waals surface area contributed by atoms with E-state index in [4.69, 9.17) is 5.11 Å². The van der Waals surface area contributed by atoms with Crippen molar-refractivity contribution in [2.75, 3.05) is 7.05 Å². The Morgan fingerprint density at radius 3 is 2.48 bits per heavy atom. The number of carbonyl (C=O) groups excluding carboxylic acids is 1. The second kappa shape index (κ2) is 7.35.